The Morgan fingerprint density at radius 3 is 2.22 bits per heavy atom. The molecule has 102 valence electrons. The number of anilines is 1. The van der Waals surface area contributed by atoms with E-state index in [2.05, 4.69) is 26.0 Å². The third kappa shape index (κ3) is 5.12. The molecule has 0 amide bonds. The van der Waals surface area contributed by atoms with Gasteiger partial charge in [-0.15, -0.1) is 0 Å². The maximum Gasteiger partial charge on any atom is 0.0349 e. The van der Waals surface area contributed by atoms with Gasteiger partial charge in [-0.2, -0.15) is 0 Å². The number of benzene rings is 1. The van der Waals surface area contributed by atoms with Crippen LogP contribution < -0.4 is 5.73 Å². The van der Waals surface area contributed by atoms with E-state index in [0.717, 1.165) is 5.69 Å². The Morgan fingerprint density at radius 2 is 1.56 bits per heavy atom. The van der Waals surface area contributed by atoms with Crippen LogP contribution in [-0.4, -0.2) is 0 Å². The number of para-hydroxylation sites is 1. The lowest BCUT2D eigenvalue weighted by atomic mass is 9.87. The number of unbranched alkanes of at least 4 members (excludes halogenated alkanes) is 4. The quantitative estimate of drug-likeness (QED) is 0.451. The number of hydrogen-bond acceptors (Lipinski definition) is 1. The second kappa shape index (κ2) is 9.02. The molecule has 1 unspecified atom stereocenters. The lowest BCUT2D eigenvalue weighted by molar-refractivity contribution is 0.510. The van der Waals surface area contributed by atoms with Crippen LogP contribution in [0.5, 0.6) is 0 Å². The van der Waals surface area contributed by atoms with Gasteiger partial charge in [-0.25, -0.2) is 0 Å². The number of hydrogen-bond donors (Lipinski definition) is 1. The number of rotatable bonds is 9. The lowest BCUT2D eigenvalue weighted by Gasteiger charge is -2.19. The standard InChI is InChI=1S/C17H29N/c1-3-5-7-8-12-15(11-6-4-2)16-13-9-10-14-17(16)18/h9-10,13-15H,3-8,11-12,18H2,1-2H3. The molecule has 1 aromatic rings. The molecule has 0 aliphatic carbocycles. The summed E-state index contributed by atoms with van der Waals surface area (Å²) in [5.74, 6) is 0.669. The summed E-state index contributed by atoms with van der Waals surface area (Å²) in [4.78, 5) is 0. The monoisotopic (exact) mass is 247 g/mol. The van der Waals surface area contributed by atoms with Crippen molar-refractivity contribution in [2.24, 2.45) is 0 Å². The van der Waals surface area contributed by atoms with Crippen molar-refractivity contribution in [3.63, 3.8) is 0 Å². The van der Waals surface area contributed by atoms with Gasteiger partial charge in [-0.05, 0) is 30.4 Å². The Morgan fingerprint density at radius 1 is 0.889 bits per heavy atom. The first-order chi connectivity index (χ1) is 8.79. The minimum absolute atomic E-state index is 0.669. The van der Waals surface area contributed by atoms with Crippen LogP contribution in [0.4, 0.5) is 5.69 Å². The Balaban J connectivity index is 2.57. The van der Waals surface area contributed by atoms with Crippen molar-refractivity contribution in [3.05, 3.63) is 29.8 Å². The summed E-state index contributed by atoms with van der Waals surface area (Å²) in [6, 6.07) is 8.42. The van der Waals surface area contributed by atoms with Crippen molar-refractivity contribution in [3.8, 4) is 0 Å². The van der Waals surface area contributed by atoms with Gasteiger partial charge >= 0.3 is 0 Å². The van der Waals surface area contributed by atoms with E-state index in [1.807, 2.05) is 12.1 Å². The van der Waals surface area contributed by atoms with E-state index < -0.39 is 0 Å². The molecule has 0 aliphatic rings. The fourth-order valence-corrected chi connectivity index (χ4v) is 2.61. The van der Waals surface area contributed by atoms with Crippen LogP contribution in [0.25, 0.3) is 0 Å². The molecule has 1 aromatic carbocycles. The zero-order valence-electron chi connectivity index (χ0n) is 12.1. The normalized spacial score (nSPS) is 12.6. The van der Waals surface area contributed by atoms with Crippen molar-refractivity contribution < 1.29 is 0 Å². The topological polar surface area (TPSA) is 26.0 Å². The molecule has 18 heavy (non-hydrogen) atoms. The summed E-state index contributed by atoms with van der Waals surface area (Å²) < 4.78 is 0. The maximum absolute atomic E-state index is 6.12. The Bertz CT molecular complexity index is 319. The third-order valence-corrected chi connectivity index (χ3v) is 3.75. The zero-order valence-corrected chi connectivity index (χ0v) is 12.1. The molecule has 1 rings (SSSR count). The molecule has 1 heteroatoms. The summed E-state index contributed by atoms with van der Waals surface area (Å²) in [6.45, 7) is 4.53. The smallest absolute Gasteiger partial charge is 0.0349 e. The third-order valence-electron chi connectivity index (χ3n) is 3.75. The maximum atomic E-state index is 6.12. The van der Waals surface area contributed by atoms with Gasteiger partial charge in [-0.3, -0.25) is 0 Å². The second-order valence-corrected chi connectivity index (χ2v) is 5.32. The highest BCUT2D eigenvalue weighted by atomic mass is 14.6. The van der Waals surface area contributed by atoms with E-state index in [0.29, 0.717) is 5.92 Å². The van der Waals surface area contributed by atoms with Crippen LogP contribution in [0, 0.1) is 0 Å². The summed E-state index contributed by atoms with van der Waals surface area (Å²) in [5.41, 5.74) is 8.48. The average Bonchev–Trinajstić information content (AvgIpc) is 2.39. The van der Waals surface area contributed by atoms with Gasteiger partial charge in [0.2, 0.25) is 0 Å². The van der Waals surface area contributed by atoms with Crippen molar-refractivity contribution >= 4 is 5.69 Å². The molecule has 0 aliphatic heterocycles. The number of nitrogen functional groups attached to an aromatic ring is 1. The molecule has 0 bridgehead atoms. The molecule has 0 spiro atoms. The van der Waals surface area contributed by atoms with Crippen molar-refractivity contribution in [1.82, 2.24) is 0 Å². The minimum atomic E-state index is 0.669. The average molecular weight is 247 g/mol. The molecule has 2 N–H and O–H groups in total. The summed E-state index contributed by atoms with van der Waals surface area (Å²) in [5, 5.41) is 0. The highest BCUT2D eigenvalue weighted by molar-refractivity contribution is 5.48. The molecule has 0 aromatic heterocycles. The Kier molecular flexibility index (Phi) is 7.55. The predicted molar refractivity (Wildman–Crippen MR) is 81.9 cm³/mol. The second-order valence-electron chi connectivity index (χ2n) is 5.32. The van der Waals surface area contributed by atoms with Gasteiger partial charge in [0.1, 0.15) is 0 Å². The van der Waals surface area contributed by atoms with E-state index in [1.54, 1.807) is 0 Å². The summed E-state index contributed by atoms with van der Waals surface area (Å²) >= 11 is 0. The van der Waals surface area contributed by atoms with Crippen LogP contribution >= 0.6 is 0 Å². The molecular weight excluding hydrogens is 218 g/mol. The molecule has 1 atom stereocenters. The molecule has 0 saturated heterocycles. The van der Waals surface area contributed by atoms with Gasteiger partial charge in [-0.1, -0.05) is 70.6 Å². The van der Waals surface area contributed by atoms with Crippen molar-refractivity contribution in [2.45, 2.75) is 71.1 Å². The van der Waals surface area contributed by atoms with Gasteiger partial charge in [0.05, 0.1) is 0 Å². The van der Waals surface area contributed by atoms with Crippen LogP contribution in [-0.2, 0) is 0 Å². The number of nitrogens with two attached hydrogens (primary N) is 1. The van der Waals surface area contributed by atoms with Gasteiger partial charge in [0.25, 0.3) is 0 Å². The Hall–Kier alpha value is -0.980. The highest BCUT2D eigenvalue weighted by Crippen LogP contribution is 2.31. The lowest BCUT2D eigenvalue weighted by Crippen LogP contribution is -2.03. The van der Waals surface area contributed by atoms with Crippen LogP contribution in [0.3, 0.4) is 0 Å². The van der Waals surface area contributed by atoms with E-state index >= 15 is 0 Å². The largest absolute Gasteiger partial charge is 0.398 e. The first-order valence-electron chi connectivity index (χ1n) is 7.64. The van der Waals surface area contributed by atoms with E-state index in [9.17, 15) is 0 Å². The minimum Gasteiger partial charge on any atom is -0.398 e. The molecular formula is C17H29N. The SMILES string of the molecule is CCCCCCC(CCCC)c1ccccc1N. The fraction of sp³-hybridized carbons (Fsp3) is 0.647. The van der Waals surface area contributed by atoms with Crippen molar-refractivity contribution in [1.29, 1.82) is 0 Å². The predicted octanol–water partition coefficient (Wildman–Crippen LogP) is 5.51. The van der Waals surface area contributed by atoms with E-state index in [1.165, 1.54) is 56.9 Å². The van der Waals surface area contributed by atoms with Crippen LogP contribution in [0.15, 0.2) is 24.3 Å². The van der Waals surface area contributed by atoms with E-state index in [4.69, 9.17) is 5.73 Å². The molecule has 0 saturated carbocycles. The first-order valence-corrected chi connectivity index (χ1v) is 7.64. The van der Waals surface area contributed by atoms with Crippen molar-refractivity contribution in [2.75, 3.05) is 5.73 Å². The Labute approximate surface area is 113 Å². The molecule has 0 heterocycles. The summed E-state index contributed by atoms with van der Waals surface area (Å²) in [6.07, 6.45) is 10.6. The molecule has 0 radical (unpaired) electrons. The molecule has 1 nitrogen and oxygen atoms in total. The van der Waals surface area contributed by atoms with Gasteiger partial charge in [0.15, 0.2) is 0 Å². The molecule has 0 fully saturated rings. The van der Waals surface area contributed by atoms with Gasteiger partial charge in [0, 0.05) is 5.69 Å². The zero-order chi connectivity index (χ0) is 13.2. The van der Waals surface area contributed by atoms with Crippen LogP contribution in [0.2, 0.25) is 0 Å². The van der Waals surface area contributed by atoms with Gasteiger partial charge < -0.3 is 5.73 Å². The summed E-state index contributed by atoms with van der Waals surface area (Å²) in [7, 11) is 0. The van der Waals surface area contributed by atoms with Crippen LogP contribution in [0.1, 0.15) is 76.7 Å². The van der Waals surface area contributed by atoms with E-state index in [-0.39, 0.29) is 0 Å². The highest BCUT2D eigenvalue weighted by Gasteiger charge is 2.13. The first kappa shape index (κ1) is 15.1. The fourth-order valence-electron chi connectivity index (χ4n) is 2.61.